The Balaban J connectivity index is 2.33. The van der Waals surface area contributed by atoms with Gasteiger partial charge in [-0.1, -0.05) is 40.7 Å². The summed E-state index contributed by atoms with van der Waals surface area (Å²) in [5.41, 5.74) is 1.02. The Hall–Kier alpha value is -1.29. The van der Waals surface area contributed by atoms with E-state index < -0.39 is 6.09 Å². The van der Waals surface area contributed by atoms with Gasteiger partial charge in [-0.2, -0.15) is 0 Å². The Morgan fingerprint density at radius 3 is 2.73 bits per heavy atom. The molecule has 0 atom stereocenters. The van der Waals surface area contributed by atoms with Crippen LogP contribution in [0.3, 0.4) is 0 Å². The van der Waals surface area contributed by atoms with Gasteiger partial charge in [-0.05, 0) is 17.7 Å². The first-order valence-corrected chi connectivity index (χ1v) is 5.27. The Morgan fingerprint density at radius 2 is 2.13 bits per heavy atom. The highest BCUT2D eigenvalue weighted by Gasteiger charge is 1.99. The van der Waals surface area contributed by atoms with E-state index in [0.717, 1.165) is 10.0 Å². The van der Waals surface area contributed by atoms with Crippen molar-refractivity contribution in [2.75, 3.05) is 6.61 Å². The van der Waals surface area contributed by atoms with Crippen LogP contribution >= 0.6 is 15.9 Å². The van der Waals surface area contributed by atoms with E-state index in [-0.39, 0.29) is 6.61 Å². The van der Waals surface area contributed by atoms with E-state index in [0.29, 0.717) is 6.54 Å². The van der Waals surface area contributed by atoms with Crippen molar-refractivity contribution >= 4 is 22.0 Å². The monoisotopic (exact) mass is 269 g/mol. The van der Waals surface area contributed by atoms with Crippen molar-refractivity contribution in [3.8, 4) is 0 Å². The second kappa shape index (κ2) is 6.24. The van der Waals surface area contributed by atoms with Crippen LogP contribution in [0, 0.1) is 0 Å². The lowest BCUT2D eigenvalue weighted by molar-refractivity contribution is 0.158. The van der Waals surface area contributed by atoms with Gasteiger partial charge in [0.15, 0.2) is 0 Å². The minimum Gasteiger partial charge on any atom is -0.445 e. The molecule has 80 valence electrons. The second-order valence-electron chi connectivity index (χ2n) is 2.87. The first-order chi connectivity index (χ1) is 7.22. The minimum absolute atomic E-state index is 0.228. The zero-order chi connectivity index (χ0) is 11.1. The number of halogens is 1. The number of benzene rings is 1. The molecule has 0 aromatic heterocycles. The number of ether oxygens (including phenoxy) is 1. The minimum atomic E-state index is -0.433. The van der Waals surface area contributed by atoms with Gasteiger partial charge in [0.05, 0.1) is 0 Å². The summed E-state index contributed by atoms with van der Waals surface area (Å²) >= 11 is 3.34. The summed E-state index contributed by atoms with van der Waals surface area (Å²) in [7, 11) is 0. The molecule has 1 N–H and O–H groups in total. The topological polar surface area (TPSA) is 38.3 Å². The summed E-state index contributed by atoms with van der Waals surface area (Å²) in [5.74, 6) is 0. The van der Waals surface area contributed by atoms with E-state index in [1.54, 1.807) is 0 Å². The molecular formula is C11H12BrNO2. The molecule has 0 fully saturated rings. The molecule has 1 aromatic rings. The third-order valence-electron chi connectivity index (χ3n) is 1.68. The van der Waals surface area contributed by atoms with Crippen LogP contribution < -0.4 is 5.32 Å². The van der Waals surface area contributed by atoms with Gasteiger partial charge in [0.1, 0.15) is 6.61 Å². The van der Waals surface area contributed by atoms with E-state index in [2.05, 4.69) is 27.8 Å². The third kappa shape index (κ3) is 4.65. The lowest BCUT2D eigenvalue weighted by Crippen LogP contribution is -2.23. The molecule has 1 rings (SSSR count). The zero-order valence-corrected chi connectivity index (χ0v) is 9.79. The van der Waals surface area contributed by atoms with Gasteiger partial charge in [-0.3, -0.25) is 0 Å². The summed E-state index contributed by atoms with van der Waals surface area (Å²) in [6.45, 7) is 4.14. The van der Waals surface area contributed by atoms with Crippen LogP contribution in [0.1, 0.15) is 5.56 Å². The van der Waals surface area contributed by atoms with Crippen LogP contribution in [-0.2, 0) is 11.3 Å². The maximum absolute atomic E-state index is 11.1. The molecule has 0 unspecified atom stereocenters. The van der Waals surface area contributed by atoms with Crippen LogP contribution in [0.4, 0.5) is 4.79 Å². The van der Waals surface area contributed by atoms with E-state index in [1.807, 2.05) is 24.3 Å². The number of rotatable bonds is 4. The van der Waals surface area contributed by atoms with Crippen molar-refractivity contribution < 1.29 is 9.53 Å². The molecule has 1 aromatic carbocycles. The fraction of sp³-hybridized carbons (Fsp3) is 0.182. The summed E-state index contributed by atoms with van der Waals surface area (Å²) in [4.78, 5) is 11.1. The van der Waals surface area contributed by atoms with Gasteiger partial charge in [-0.15, -0.1) is 0 Å². The smallest absolute Gasteiger partial charge is 0.407 e. The molecule has 4 heteroatoms. The molecule has 0 aliphatic rings. The maximum Gasteiger partial charge on any atom is 0.407 e. The third-order valence-corrected chi connectivity index (χ3v) is 2.21. The van der Waals surface area contributed by atoms with Crippen LogP contribution in [0.15, 0.2) is 41.4 Å². The van der Waals surface area contributed by atoms with Crippen molar-refractivity contribution in [1.82, 2.24) is 5.32 Å². The molecule has 0 bridgehead atoms. The molecule has 15 heavy (non-hydrogen) atoms. The van der Waals surface area contributed by atoms with E-state index >= 15 is 0 Å². The van der Waals surface area contributed by atoms with Crippen LogP contribution in [0.5, 0.6) is 0 Å². The number of hydrogen-bond donors (Lipinski definition) is 1. The first-order valence-electron chi connectivity index (χ1n) is 4.48. The SMILES string of the molecule is C=CCOC(=O)NCc1ccc(Br)cc1. The molecule has 3 nitrogen and oxygen atoms in total. The predicted molar refractivity (Wildman–Crippen MR) is 62.5 cm³/mol. The Bertz CT molecular complexity index is 335. The molecule has 0 aliphatic heterocycles. The predicted octanol–water partition coefficient (Wildman–Crippen LogP) is 2.86. The Kier molecular flexibility index (Phi) is 4.90. The van der Waals surface area contributed by atoms with Crippen molar-refractivity contribution in [2.24, 2.45) is 0 Å². The normalized spacial score (nSPS) is 9.40. The molecule has 0 saturated carbocycles. The Labute approximate surface area is 97.3 Å². The molecular weight excluding hydrogens is 258 g/mol. The number of hydrogen-bond acceptors (Lipinski definition) is 2. The lowest BCUT2D eigenvalue weighted by atomic mass is 10.2. The van der Waals surface area contributed by atoms with Crippen LogP contribution in [-0.4, -0.2) is 12.7 Å². The standard InChI is InChI=1S/C11H12BrNO2/c1-2-7-15-11(14)13-8-9-3-5-10(12)6-4-9/h2-6H,1,7-8H2,(H,13,14). The Morgan fingerprint density at radius 1 is 1.47 bits per heavy atom. The van der Waals surface area contributed by atoms with E-state index in [1.165, 1.54) is 6.08 Å². The van der Waals surface area contributed by atoms with E-state index in [9.17, 15) is 4.79 Å². The average molecular weight is 270 g/mol. The number of carbonyl (C=O) groups excluding carboxylic acids is 1. The van der Waals surface area contributed by atoms with Gasteiger partial charge in [-0.25, -0.2) is 4.79 Å². The van der Waals surface area contributed by atoms with Crippen LogP contribution in [0.25, 0.3) is 0 Å². The highest BCUT2D eigenvalue weighted by Crippen LogP contribution is 2.10. The number of nitrogens with one attached hydrogen (secondary N) is 1. The maximum atomic E-state index is 11.1. The zero-order valence-electron chi connectivity index (χ0n) is 8.20. The molecule has 0 aliphatic carbocycles. The molecule has 1 amide bonds. The summed E-state index contributed by atoms with van der Waals surface area (Å²) in [6.07, 6.45) is 1.09. The summed E-state index contributed by atoms with van der Waals surface area (Å²) in [5, 5.41) is 2.63. The van der Waals surface area contributed by atoms with E-state index in [4.69, 9.17) is 4.74 Å². The first kappa shape index (κ1) is 11.8. The summed E-state index contributed by atoms with van der Waals surface area (Å²) in [6, 6.07) is 7.70. The van der Waals surface area contributed by atoms with Crippen molar-refractivity contribution in [1.29, 1.82) is 0 Å². The lowest BCUT2D eigenvalue weighted by Gasteiger charge is -2.05. The van der Waals surface area contributed by atoms with Gasteiger partial charge >= 0.3 is 6.09 Å². The van der Waals surface area contributed by atoms with Crippen LogP contribution in [0.2, 0.25) is 0 Å². The fourth-order valence-electron chi connectivity index (χ4n) is 0.962. The summed E-state index contributed by atoms with van der Waals surface area (Å²) < 4.78 is 5.77. The van der Waals surface area contributed by atoms with Gasteiger partial charge in [0.2, 0.25) is 0 Å². The number of carbonyl (C=O) groups is 1. The van der Waals surface area contributed by atoms with Crippen molar-refractivity contribution in [2.45, 2.75) is 6.54 Å². The van der Waals surface area contributed by atoms with Gasteiger partial charge in [0, 0.05) is 11.0 Å². The molecule has 0 heterocycles. The van der Waals surface area contributed by atoms with Crippen molar-refractivity contribution in [3.63, 3.8) is 0 Å². The van der Waals surface area contributed by atoms with Gasteiger partial charge in [0.25, 0.3) is 0 Å². The molecule has 0 spiro atoms. The second-order valence-corrected chi connectivity index (χ2v) is 3.78. The fourth-order valence-corrected chi connectivity index (χ4v) is 1.23. The average Bonchev–Trinajstić information content (AvgIpc) is 2.25. The highest BCUT2D eigenvalue weighted by molar-refractivity contribution is 9.10. The molecule has 0 saturated heterocycles. The number of alkyl carbamates (subject to hydrolysis) is 1. The quantitative estimate of drug-likeness (QED) is 0.854. The molecule has 0 radical (unpaired) electrons. The van der Waals surface area contributed by atoms with Crippen molar-refractivity contribution in [3.05, 3.63) is 47.0 Å². The highest BCUT2D eigenvalue weighted by atomic mass is 79.9. The van der Waals surface area contributed by atoms with Gasteiger partial charge < -0.3 is 10.1 Å². The largest absolute Gasteiger partial charge is 0.445 e. The number of amides is 1.